The molecule has 20 heavy (non-hydrogen) atoms. The highest BCUT2D eigenvalue weighted by Gasteiger charge is 2.17. The zero-order valence-electron chi connectivity index (χ0n) is 12.0. The number of hydrogen-bond donors (Lipinski definition) is 2. The Balaban J connectivity index is 2.89. The van der Waals surface area contributed by atoms with E-state index in [2.05, 4.69) is 5.32 Å². The van der Waals surface area contributed by atoms with Crippen molar-refractivity contribution in [1.82, 2.24) is 0 Å². The van der Waals surface area contributed by atoms with E-state index in [1.165, 1.54) is 7.11 Å². The number of anilines is 1. The third-order valence-electron chi connectivity index (χ3n) is 2.52. The maximum atomic E-state index is 11.1. The number of carbonyl (C=O) groups is 1. The van der Waals surface area contributed by atoms with Crippen molar-refractivity contribution < 1.29 is 24.1 Å². The van der Waals surface area contributed by atoms with Crippen LogP contribution in [0.5, 0.6) is 11.5 Å². The topological polar surface area (TPSA) is 77.0 Å². The molecule has 0 aliphatic rings. The van der Waals surface area contributed by atoms with Gasteiger partial charge in [-0.3, -0.25) is 0 Å². The Morgan fingerprint density at radius 2 is 1.90 bits per heavy atom. The third-order valence-corrected chi connectivity index (χ3v) is 2.52. The molecular weight excluding hydrogens is 262 g/mol. The van der Waals surface area contributed by atoms with E-state index in [-0.39, 0.29) is 6.61 Å². The van der Waals surface area contributed by atoms with Crippen LogP contribution in [0, 0.1) is 0 Å². The van der Waals surface area contributed by atoms with Gasteiger partial charge in [-0.05, 0) is 26.0 Å². The van der Waals surface area contributed by atoms with Crippen LogP contribution < -0.4 is 14.8 Å². The average Bonchev–Trinajstić information content (AvgIpc) is 2.41. The van der Waals surface area contributed by atoms with Gasteiger partial charge in [0.1, 0.15) is 6.04 Å². The van der Waals surface area contributed by atoms with E-state index >= 15 is 0 Å². The summed E-state index contributed by atoms with van der Waals surface area (Å²) in [5.74, 6) is 0.248. The van der Waals surface area contributed by atoms with Crippen molar-refractivity contribution in [3.05, 3.63) is 18.2 Å². The minimum atomic E-state index is -0.973. The quantitative estimate of drug-likeness (QED) is 0.722. The number of hydrogen-bond acceptors (Lipinski definition) is 5. The molecule has 0 bridgehead atoms. The lowest BCUT2D eigenvalue weighted by Crippen LogP contribution is -2.33. The van der Waals surface area contributed by atoms with E-state index in [1.807, 2.05) is 13.8 Å². The van der Waals surface area contributed by atoms with Gasteiger partial charge in [-0.1, -0.05) is 0 Å². The van der Waals surface area contributed by atoms with Gasteiger partial charge < -0.3 is 24.6 Å². The molecule has 0 aliphatic heterocycles. The summed E-state index contributed by atoms with van der Waals surface area (Å²) in [6, 6.07) is 4.41. The molecule has 0 aromatic heterocycles. The van der Waals surface area contributed by atoms with Crippen LogP contribution in [0.4, 0.5) is 5.69 Å². The highest BCUT2D eigenvalue weighted by atomic mass is 16.5. The molecule has 0 saturated carbocycles. The number of aliphatic carboxylic acids is 1. The first-order chi connectivity index (χ1) is 9.62. The first kappa shape index (κ1) is 16.1. The van der Waals surface area contributed by atoms with Gasteiger partial charge in [-0.2, -0.15) is 0 Å². The zero-order valence-corrected chi connectivity index (χ0v) is 12.0. The lowest BCUT2D eigenvalue weighted by molar-refractivity contribution is -0.139. The van der Waals surface area contributed by atoms with Crippen LogP contribution >= 0.6 is 0 Å². The summed E-state index contributed by atoms with van der Waals surface area (Å²) in [6.45, 7) is 4.88. The highest BCUT2D eigenvalue weighted by Crippen LogP contribution is 2.30. The third kappa shape index (κ3) is 4.62. The lowest BCUT2D eigenvalue weighted by atomic mass is 10.2. The van der Waals surface area contributed by atoms with Crippen molar-refractivity contribution >= 4 is 11.7 Å². The first-order valence-electron chi connectivity index (χ1n) is 6.50. The predicted molar refractivity (Wildman–Crippen MR) is 75.7 cm³/mol. The molecule has 112 valence electrons. The monoisotopic (exact) mass is 283 g/mol. The summed E-state index contributed by atoms with van der Waals surface area (Å²) in [4.78, 5) is 11.1. The maximum Gasteiger partial charge on any atom is 0.328 e. The Morgan fingerprint density at radius 3 is 2.45 bits per heavy atom. The fraction of sp³-hybridized carbons (Fsp3) is 0.500. The molecule has 0 radical (unpaired) electrons. The molecule has 6 heteroatoms. The number of carboxylic acids is 1. The molecular formula is C14H21NO5. The Labute approximate surface area is 118 Å². The van der Waals surface area contributed by atoms with Crippen LogP contribution in [0.1, 0.15) is 13.8 Å². The predicted octanol–water partition coefficient (Wildman–Crippen LogP) is 2.00. The number of rotatable bonds is 9. The molecule has 0 amide bonds. The number of benzene rings is 1. The first-order valence-corrected chi connectivity index (χ1v) is 6.50. The Bertz CT molecular complexity index is 436. The molecule has 0 spiro atoms. The van der Waals surface area contributed by atoms with Crippen LogP contribution in [-0.4, -0.2) is 44.0 Å². The molecule has 1 aromatic rings. The van der Waals surface area contributed by atoms with Crippen molar-refractivity contribution in [3.63, 3.8) is 0 Å². The Kier molecular flexibility index (Phi) is 6.66. The number of carboxylic acid groups (broad SMARTS) is 1. The summed E-state index contributed by atoms with van der Waals surface area (Å²) in [5, 5.41) is 12.0. The van der Waals surface area contributed by atoms with Gasteiger partial charge in [-0.15, -0.1) is 0 Å². The Hall–Kier alpha value is -1.95. The van der Waals surface area contributed by atoms with E-state index in [0.717, 1.165) is 0 Å². The zero-order chi connectivity index (χ0) is 15.0. The van der Waals surface area contributed by atoms with E-state index < -0.39 is 12.0 Å². The molecule has 2 N–H and O–H groups in total. The van der Waals surface area contributed by atoms with Crippen LogP contribution in [0.2, 0.25) is 0 Å². The van der Waals surface area contributed by atoms with E-state index in [9.17, 15) is 4.79 Å². The van der Waals surface area contributed by atoms with Crippen LogP contribution in [0.15, 0.2) is 18.2 Å². The van der Waals surface area contributed by atoms with E-state index in [4.69, 9.17) is 19.3 Å². The minimum absolute atomic E-state index is 0.0759. The summed E-state index contributed by atoms with van der Waals surface area (Å²) in [6.07, 6.45) is 0. The summed E-state index contributed by atoms with van der Waals surface area (Å²) >= 11 is 0. The summed E-state index contributed by atoms with van der Waals surface area (Å²) in [7, 11) is 1.46. The van der Waals surface area contributed by atoms with Crippen molar-refractivity contribution in [2.45, 2.75) is 19.9 Å². The molecule has 6 nitrogen and oxygen atoms in total. The SMILES string of the molecule is CCOc1ccc(NC(COC)C(=O)O)cc1OCC. The lowest BCUT2D eigenvalue weighted by Gasteiger charge is -2.17. The van der Waals surface area contributed by atoms with Gasteiger partial charge in [0.25, 0.3) is 0 Å². The van der Waals surface area contributed by atoms with Gasteiger partial charge in [0.15, 0.2) is 11.5 Å². The number of nitrogens with one attached hydrogen (secondary N) is 1. The normalized spacial score (nSPS) is 11.8. The molecule has 0 aliphatic carbocycles. The highest BCUT2D eigenvalue weighted by molar-refractivity contribution is 5.77. The smallest absolute Gasteiger partial charge is 0.328 e. The number of ether oxygens (including phenoxy) is 3. The fourth-order valence-corrected chi connectivity index (χ4v) is 1.68. The summed E-state index contributed by atoms with van der Waals surface area (Å²) in [5.41, 5.74) is 0.640. The van der Waals surface area contributed by atoms with Crippen molar-refractivity contribution in [2.75, 3.05) is 32.2 Å². The van der Waals surface area contributed by atoms with Gasteiger partial charge >= 0.3 is 5.97 Å². The van der Waals surface area contributed by atoms with Gasteiger partial charge in [0.2, 0.25) is 0 Å². The Morgan fingerprint density at radius 1 is 1.25 bits per heavy atom. The van der Waals surface area contributed by atoms with Crippen LogP contribution in [-0.2, 0) is 9.53 Å². The molecule has 1 atom stereocenters. The fourth-order valence-electron chi connectivity index (χ4n) is 1.68. The maximum absolute atomic E-state index is 11.1. The molecule has 1 aromatic carbocycles. The second-order valence-electron chi connectivity index (χ2n) is 4.02. The second-order valence-corrected chi connectivity index (χ2v) is 4.02. The van der Waals surface area contributed by atoms with Crippen LogP contribution in [0.3, 0.4) is 0 Å². The van der Waals surface area contributed by atoms with Crippen molar-refractivity contribution in [1.29, 1.82) is 0 Å². The van der Waals surface area contributed by atoms with Crippen LogP contribution in [0.25, 0.3) is 0 Å². The average molecular weight is 283 g/mol. The molecule has 0 fully saturated rings. The summed E-state index contributed by atoms with van der Waals surface area (Å²) < 4.78 is 15.8. The van der Waals surface area contributed by atoms with Crippen molar-refractivity contribution in [2.24, 2.45) is 0 Å². The second kappa shape index (κ2) is 8.27. The molecule has 0 heterocycles. The van der Waals surface area contributed by atoms with Gasteiger partial charge in [-0.25, -0.2) is 4.79 Å². The van der Waals surface area contributed by atoms with Gasteiger partial charge in [0, 0.05) is 18.9 Å². The standard InChI is InChI=1S/C14H21NO5/c1-4-19-12-7-6-10(8-13(12)20-5-2)15-11(9-18-3)14(16)17/h6-8,11,15H,4-5,9H2,1-3H3,(H,16,17). The molecule has 0 saturated heterocycles. The van der Waals surface area contributed by atoms with Gasteiger partial charge in [0.05, 0.1) is 19.8 Å². The van der Waals surface area contributed by atoms with E-state index in [0.29, 0.717) is 30.4 Å². The van der Waals surface area contributed by atoms with Crippen molar-refractivity contribution in [3.8, 4) is 11.5 Å². The largest absolute Gasteiger partial charge is 0.490 e. The number of methoxy groups -OCH3 is 1. The molecule has 1 rings (SSSR count). The van der Waals surface area contributed by atoms with E-state index in [1.54, 1.807) is 18.2 Å². The minimum Gasteiger partial charge on any atom is -0.490 e. The molecule has 1 unspecified atom stereocenters.